The van der Waals surface area contributed by atoms with Gasteiger partial charge in [0.1, 0.15) is 11.4 Å². The number of ether oxygens (including phenoxy) is 1. The third-order valence-electron chi connectivity index (χ3n) is 6.73. The van der Waals surface area contributed by atoms with E-state index in [0.29, 0.717) is 48.7 Å². The molecule has 1 amide bonds. The molecular formula is C26H33ClF3N3O2. The summed E-state index contributed by atoms with van der Waals surface area (Å²) in [6.07, 6.45) is -3.31. The van der Waals surface area contributed by atoms with E-state index in [1.54, 1.807) is 36.2 Å². The van der Waals surface area contributed by atoms with Crippen molar-refractivity contribution >= 4 is 17.5 Å². The quantitative estimate of drug-likeness (QED) is 0.464. The first-order valence-corrected chi connectivity index (χ1v) is 12.4. The number of hydrogen-bond donors (Lipinski definition) is 0. The van der Waals surface area contributed by atoms with Gasteiger partial charge in [-0.3, -0.25) is 9.69 Å². The smallest absolute Gasteiger partial charge is 0.379 e. The molecule has 0 radical (unpaired) electrons. The molecule has 9 heteroatoms. The van der Waals surface area contributed by atoms with Gasteiger partial charge in [-0.1, -0.05) is 37.6 Å². The second kappa shape index (κ2) is 9.79. The molecule has 4 rings (SSSR count). The summed E-state index contributed by atoms with van der Waals surface area (Å²) in [5, 5.41) is 0.485. The molecule has 0 bridgehead atoms. The number of hydrogen-bond acceptors (Lipinski definition) is 3. The summed E-state index contributed by atoms with van der Waals surface area (Å²) in [6, 6.07) is 6.32. The van der Waals surface area contributed by atoms with Crippen LogP contribution in [-0.4, -0.2) is 66.7 Å². The standard InChI is InChI=1S/C26H33ClF3N3O2/c1-17-21(18-5-7-19(27)8-6-18)22(33(20-9-10-20)23(17)26(28,29)30)24(34)31(4)15-25(2,3)16-32-11-13-35-14-12-32/h5-8,20H,9-16H2,1-4H3. The van der Waals surface area contributed by atoms with Crippen LogP contribution in [0.5, 0.6) is 0 Å². The van der Waals surface area contributed by atoms with Crippen LogP contribution in [0.15, 0.2) is 24.3 Å². The number of benzene rings is 1. The Kier molecular flexibility index (Phi) is 7.28. The highest BCUT2D eigenvalue weighted by molar-refractivity contribution is 6.30. The summed E-state index contributed by atoms with van der Waals surface area (Å²) in [4.78, 5) is 17.8. The molecule has 1 aliphatic heterocycles. The number of amides is 1. The van der Waals surface area contributed by atoms with E-state index < -0.39 is 17.8 Å². The van der Waals surface area contributed by atoms with Crippen LogP contribution in [0.4, 0.5) is 13.2 Å². The third-order valence-corrected chi connectivity index (χ3v) is 6.98. The second-order valence-corrected chi connectivity index (χ2v) is 11.0. The average molecular weight is 512 g/mol. The molecule has 1 saturated carbocycles. The van der Waals surface area contributed by atoms with E-state index in [1.165, 1.54) is 11.5 Å². The molecule has 2 fully saturated rings. The molecule has 1 aliphatic carbocycles. The van der Waals surface area contributed by atoms with Gasteiger partial charge in [0.2, 0.25) is 0 Å². The molecule has 2 aliphatic rings. The van der Waals surface area contributed by atoms with Crippen LogP contribution in [0.3, 0.4) is 0 Å². The zero-order valence-corrected chi connectivity index (χ0v) is 21.5. The molecule has 2 heterocycles. The Morgan fingerprint density at radius 2 is 1.74 bits per heavy atom. The Bertz CT molecular complexity index is 1070. The van der Waals surface area contributed by atoms with Gasteiger partial charge in [0.25, 0.3) is 5.91 Å². The van der Waals surface area contributed by atoms with Crippen molar-refractivity contribution in [3.63, 3.8) is 0 Å². The van der Waals surface area contributed by atoms with Crippen LogP contribution in [0.2, 0.25) is 5.02 Å². The van der Waals surface area contributed by atoms with Gasteiger partial charge in [0.05, 0.1) is 13.2 Å². The predicted octanol–water partition coefficient (Wildman–Crippen LogP) is 5.90. The summed E-state index contributed by atoms with van der Waals surface area (Å²) in [7, 11) is 1.68. The summed E-state index contributed by atoms with van der Waals surface area (Å²) >= 11 is 6.04. The van der Waals surface area contributed by atoms with Crippen LogP contribution < -0.4 is 0 Å². The highest BCUT2D eigenvalue weighted by Crippen LogP contribution is 2.48. The summed E-state index contributed by atoms with van der Waals surface area (Å²) in [6.45, 7) is 9.85. The molecule has 1 aromatic carbocycles. The molecule has 192 valence electrons. The zero-order chi connectivity index (χ0) is 25.5. The van der Waals surface area contributed by atoms with Gasteiger partial charge in [-0.15, -0.1) is 0 Å². The van der Waals surface area contributed by atoms with E-state index in [0.717, 1.165) is 19.6 Å². The first-order chi connectivity index (χ1) is 16.4. The fraction of sp³-hybridized carbons (Fsp3) is 0.577. The van der Waals surface area contributed by atoms with Crippen LogP contribution in [0.1, 0.15) is 54.5 Å². The lowest BCUT2D eigenvalue weighted by atomic mass is 9.91. The number of carbonyl (C=O) groups is 1. The number of alkyl halides is 3. The van der Waals surface area contributed by atoms with Crippen molar-refractivity contribution in [1.29, 1.82) is 0 Å². The Morgan fingerprint density at radius 1 is 1.14 bits per heavy atom. The van der Waals surface area contributed by atoms with Crippen molar-refractivity contribution in [3.8, 4) is 11.1 Å². The largest absolute Gasteiger partial charge is 0.431 e. The Hall–Kier alpha value is -2.03. The first kappa shape index (κ1) is 26.0. The monoisotopic (exact) mass is 511 g/mol. The van der Waals surface area contributed by atoms with Crippen LogP contribution in [0.25, 0.3) is 11.1 Å². The maximum absolute atomic E-state index is 14.3. The normalized spacial score (nSPS) is 17.6. The molecule has 2 aromatic rings. The van der Waals surface area contributed by atoms with Crippen LogP contribution in [-0.2, 0) is 10.9 Å². The number of morpholine rings is 1. The fourth-order valence-corrected chi connectivity index (χ4v) is 5.37. The molecule has 0 spiro atoms. The van der Waals surface area contributed by atoms with Gasteiger partial charge in [0, 0.05) is 49.9 Å². The van der Waals surface area contributed by atoms with E-state index in [9.17, 15) is 18.0 Å². The van der Waals surface area contributed by atoms with Crippen molar-refractivity contribution in [2.75, 3.05) is 46.4 Å². The SMILES string of the molecule is Cc1c(-c2ccc(Cl)cc2)c(C(=O)N(C)CC(C)(C)CN2CCOCC2)n(C2CC2)c1C(F)(F)F. The molecule has 35 heavy (non-hydrogen) atoms. The second-order valence-electron chi connectivity index (χ2n) is 10.5. The first-order valence-electron chi connectivity index (χ1n) is 12.0. The van der Waals surface area contributed by atoms with E-state index in [-0.39, 0.29) is 22.7 Å². The number of carbonyl (C=O) groups excluding carboxylic acids is 1. The Balaban J connectivity index is 1.73. The molecule has 1 saturated heterocycles. The highest BCUT2D eigenvalue weighted by Gasteiger charge is 2.45. The predicted molar refractivity (Wildman–Crippen MR) is 131 cm³/mol. The van der Waals surface area contributed by atoms with E-state index >= 15 is 0 Å². The maximum atomic E-state index is 14.3. The van der Waals surface area contributed by atoms with Crippen LogP contribution >= 0.6 is 11.6 Å². The van der Waals surface area contributed by atoms with Crippen molar-refractivity contribution in [1.82, 2.24) is 14.4 Å². The van der Waals surface area contributed by atoms with Crippen molar-refractivity contribution in [3.05, 3.63) is 46.2 Å². The lowest BCUT2D eigenvalue weighted by Crippen LogP contribution is -2.46. The molecule has 0 N–H and O–H groups in total. The molecule has 0 atom stereocenters. The van der Waals surface area contributed by atoms with Gasteiger partial charge in [-0.25, -0.2) is 0 Å². The molecular weight excluding hydrogens is 479 g/mol. The lowest BCUT2D eigenvalue weighted by Gasteiger charge is -2.37. The number of rotatable bonds is 7. The minimum atomic E-state index is -4.57. The summed E-state index contributed by atoms with van der Waals surface area (Å²) < 4.78 is 49.5. The fourth-order valence-electron chi connectivity index (χ4n) is 5.24. The summed E-state index contributed by atoms with van der Waals surface area (Å²) in [5.41, 5.74) is 0.112. The van der Waals surface area contributed by atoms with Gasteiger partial charge in [0.15, 0.2) is 0 Å². The maximum Gasteiger partial charge on any atom is 0.431 e. The summed E-state index contributed by atoms with van der Waals surface area (Å²) in [5.74, 6) is -0.393. The van der Waals surface area contributed by atoms with E-state index in [4.69, 9.17) is 16.3 Å². The van der Waals surface area contributed by atoms with E-state index in [1.807, 2.05) is 0 Å². The third kappa shape index (κ3) is 5.70. The topological polar surface area (TPSA) is 37.7 Å². The number of aromatic nitrogens is 1. The minimum absolute atomic E-state index is 0.0797. The number of nitrogens with zero attached hydrogens (tertiary/aromatic N) is 3. The average Bonchev–Trinajstić information content (AvgIpc) is 3.56. The molecule has 0 unspecified atom stereocenters. The Labute approximate surface area is 209 Å². The van der Waals surface area contributed by atoms with E-state index in [2.05, 4.69) is 18.7 Å². The zero-order valence-electron chi connectivity index (χ0n) is 20.7. The molecule has 1 aromatic heterocycles. The van der Waals surface area contributed by atoms with Gasteiger partial charge in [-0.05, 0) is 48.4 Å². The van der Waals surface area contributed by atoms with Gasteiger partial charge in [-0.2, -0.15) is 13.2 Å². The van der Waals surface area contributed by atoms with Crippen molar-refractivity contribution < 1.29 is 22.7 Å². The van der Waals surface area contributed by atoms with Crippen molar-refractivity contribution in [2.45, 2.75) is 45.8 Å². The lowest BCUT2D eigenvalue weighted by molar-refractivity contribution is -0.144. The van der Waals surface area contributed by atoms with Crippen molar-refractivity contribution in [2.24, 2.45) is 5.41 Å². The molecule has 5 nitrogen and oxygen atoms in total. The van der Waals surface area contributed by atoms with Gasteiger partial charge < -0.3 is 14.2 Å². The minimum Gasteiger partial charge on any atom is -0.379 e. The van der Waals surface area contributed by atoms with Crippen LogP contribution in [0, 0.1) is 12.3 Å². The van der Waals surface area contributed by atoms with Gasteiger partial charge >= 0.3 is 6.18 Å². The Morgan fingerprint density at radius 3 is 2.29 bits per heavy atom. The highest BCUT2D eigenvalue weighted by atomic mass is 35.5. The number of halogens is 4.